The van der Waals surface area contributed by atoms with Crippen molar-refractivity contribution in [2.45, 2.75) is 53.1 Å². The van der Waals surface area contributed by atoms with E-state index in [4.69, 9.17) is 0 Å². The number of carbonyl (C=O) groups excluding carboxylic acids is 1. The van der Waals surface area contributed by atoms with Crippen molar-refractivity contribution in [3.8, 4) is 0 Å². The molecule has 21 heavy (non-hydrogen) atoms. The van der Waals surface area contributed by atoms with Crippen LogP contribution in [-0.4, -0.2) is 28.1 Å². The van der Waals surface area contributed by atoms with Gasteiger partial charge in [0.15, 0.2) is 0 Å². The standard InChI is InChI=1S/C14H23N3O3S/c1-6-9-7-15-11(21-9)8(2)16-13(20)17-10(12(18)19)14(3,4)5/h7-8,10H,6H2,1-5H3,(H,18,19)(H2,16,17,20)/t8?,10-/m0/s1. The lowest BCUT2D eigenvalue weighted by Crippen LogP contribution is -2.52. The number of rotatable bonds is 5. The van der Waals surface area contributed by atoms with Gasteiger partial charge < -0.3 is 15.7 Å². The maximum Gasteiger partial charge on any atom is 0.326 e. The molecule has 0 aliphatic carbocycles. The lowest BCUT2D eigenvalue weighted by atomic mass is 9.87. The van der Waals surface area contributed by atoms with Crippen LogP contribution in [0.4, 0.5) is 4.79 Å². The van der Waals surface area contributed by atoms with Gasteiger partial charge in [0.25, 0.3) is 0 Å². The number of aliphatic carboxylic acids is 1. The third-order valence-corrected chi connectivity index (χ3v) is 4.35. The quantitative estimate of drug-likeness (QED) is 0.779. The largest absolute Gasteiger partial charge is 0.480 e. The predicted octanol–water partition coefficient (Wildman–Crippen LogP) is 2.57. The number of carboxylic acids is 1. The monoisotopic (exact) mass is 313 g/mol. The number of aromatic nitrogens is 1. The fourth-order valence-electron chi connectivity index (χ4n) is 1.77. The van der Waals surface area contributed by atoms with Crippen LogP contribution in [0.15, 0.2) is 6.20 Å². The van der Waals surface area contributed by atoms with E-state index >= 15 is 0 Å². The van der Waals surface area contributed by atoms with Gasteiger partial charge in [0.05, 0.1) is 6.04 Å². The molecular formula is C14H23N3O3S. The van der Waals surface area contributed by atoms with Crippen molar-refractivity contribution in [3.63, 3.8) is 0 Å². The number of thiazole rings is 1. The molecule has 0 bridgehead atoms. The molecule has 0 saturated carbocycles. The molecule has 118 valence electrons. The van der Waals surface area contributed by atoms with Crippen molar-refractivity contribution in [2.75, 3.05) is 0 Å². The molecule has 0 aromatic carbocycles. The van der Waals surface area contributed by atoms with Crippen molar-refractivity contribution in [3.05, 3.63) is 16.1 Å². The van der Waals surface area contributed by atoms with Crippen LogP contribution >= 0.6 is 11.3 Å². The molecule has 1 rings (SSSR count). The van der Waals surface area contributed by atoms with Crippen molar-refractivity contribution in [1.29, 1.82) is 0 Å². The topological polar surface area (TPSA) is 91.3 Å². The molecule has 0 spiro atoms. The second kappa shape index (κ2) is 6.89. The first kappa shape index (κ1) is 17.4. The summed E-state index contributed by atoms with van der Waals surface area (Å²) in [6.07, 6.45) is 2.70. The molecule has 2 atom stereocenters. The van der Waals surface area contributed by atoms with Crippen molar-refractivity contribution < 1.29 is 14.7 Å². The molecule has 1 unspecified atom stereocenters. The summed E-state index contributed by atoms with van der Waals surface area (Å²) < 4.78 is 0. The number of urea groups is 1. The van der Waals surface area contributed by atoms with Gasteiger partial charge in [-0.05, 0) is 18.8 Å². The number of hydrogen-bond donors (Lipinski definition) is 3. The van der Waals surface area contributed by atoms with Crippen LogP contribution in [0.3, 0.4) is 0 Å². The summed E-state index contributed by atoms with van der Waals surface area (Å²) in [7, 11) is 0. The van der Waals surface area contributed by atoms with E-state index in [0.717, 1.165) is 16.3 Å². The lowest BCUT2D eigenvalue weighted by Gasteiger charge is -2.28. The predicted molar refractivity (Wildman–Crippen MR) is 82.5 cm³/mol. The fourth-order valence-corrected chi connectivity index (χ4v) is 2.63. The Morgan fingerprint density at radius 3 is 2.43 bits per heavy atom. The average molecular weight is 313 g/mol. The molecule has 0 radical (unpaired) electrons. The number of aryl methyl sites for hydroxylation is 1. The Balaban J connectivity index is 2.65. The van der Waals surface area contributed by atoms with Gasteiger partial charge in [-0.2, -0.15) is 0 Å². The van der Waals surface area contributed by atoms with Crippen LogP contribution in [0.5, 0.6) is 0 Å². The smallest absolute Gasteiger partial charge is 0.326 e. The summed E-state index contributed by atoms with van der Waals surface area (Å²) in [5, 5.41) is 15.2. The highest BCUT2D eigenvalue weighted by Gasteiger charge is 2.32. The van der Waals surface area contributed by atoms with Gasteiger partial charge in [-0.15, -0.1) is 11.3 Å². The second-order valence-corrected chi connectivity index (χ2v) is 7.14. The molecular weight excluding hydrogens is 290 g/mol. The molecule has 6 nitrogen and oxygen atoms in total. The van der Waals surface area contributed by atoms with Gasteiger partial charge in [-0.3, -0.25) is 0 Å². The molecule has 0 aliphatic rings. The highest BCUT2D eigenvalue weighted by molar-refractivity contribution is 7.11. The molecule has 3 N–H and O–H groups in total. The van der Waals surface area contributed by atoms with Gasteiger partial charge in [-0.1, -0.05) is 27.7 Å². The summed E-state index contributed by atoms with van der Waals surface area (Å²) in [6, 6.07) is -1.71. The van der Waals surface area contributed by atoms with E-state index < -0.39 is 23.5 Å². The third-order valence-electron chi connectivity index (χ3n) is 3.03. The van der Waals surface area contributed by atoms with Gasteiger partial charge in [0.1, 0.15) is 11.0 Å². The van der Waals surface area contributed by atoms with Crippen LogP contribution in [0.1, 0.15) is 50.5 Å². The molecule has 1 aromatic heterocycles. The summed E-state index contributed by atoms with van der Waals surface area (Å²) in [4.78, 5) is 28.6. The van der Waals surface area contributed by atoms with Crippen molar-refractivity contribution in [1.82, 2.24) is 15.6 Å². The normalized spacial score (nSPS) is 14.3. The Morgan fingerprint density at radius 1 is 1.38 bits per heavy atom. The molecule has 1 heterocycles. The summed E-state index contributed by atoms with van der Waals surface area (Å²) in [6.45, 7) is 9.17. The van der Waals surface area contributed by atoms with Crippen LogP contribution in [0, 0.1) is 5.41 Å². The Hall–Kier alpha value is -1.63. The summed E-state index contributed by atoms with van der Waals surface area (Å²) >= 11 is 1.54. The minimum atomic E-state index is -1.05. The third kappa shape index (κ3) is 5.00. The first-order chi connectivity index (χ1) is 9.65. The zero-order chi connectivity index (χ0) is 16.2. The highest BCUT2D eigenvalue weighted by Crippen LogP contribution is 2.21. The van der Waals surface area contributed by atoms with E-state index in [1.807, 2.05) is 13.8 Å². The van der Waals surface area contributed by atoms with E-state index in [9.17, 15) is 14.7 Å². The first-order valence-corrected chi connectivity index (χ1v) is 7.71. The van der Waals surface area contributed by atoms with Gasteiger partial charge in [-0.25, -0.2) is 14.6 Å². The van der Waals surface area contributed by atoms with Gasteiger partial charge in [0.2, 0.25) is 0 Å². The SMILES string of the molecule is CCc1cnc(C(C)NC(=O)N[C@@H](C(=O)O)C(C)(C)C)s1. The van der Waals surface area contributed by atoms with Gasteiger partial charge >= 0.3 is 12.0 Å². The molecule has 2 amide bonds. The molecule has 0 aliphatic heterocycles. The number of carbonyl (C=O) groups is 2. The maximum absolute atomic E-state index is 12.0. The Morgan fingerprint density at radius 2 is 2.00 bits per heavy atom. The fraction of sp³-hybridized carbons (Fsp3) is 0.643. The average Bonchev–Trinajstić information content (AvgIpc) is 2.83. The van der Waals surface area contributed by atoms with Crippen LogP contribution < -0.4 is 10.6 Å². The minimum Gasteiger partial charge on any atom is -0.480 e. The van der Waals surface area contributed by atoms with E-state index in [-0.39, 0.29) is 6.04 Å². The second-order valence-electron chi connectivity index (χ2n) is 6.00. The first-order valence-electron chi connectivity index (χ1n) is 6.89. The number of nitrogens with one attached hydrogen (secondary N) is 2. The number of hydrogen-bond acceptors (Lipinski definition) is 4. The molecule has 7 heteroatoms. The van der Waals surface area contributed by atoms with Crippen LogP contribution in [-0.2, 0) is 11.2 Å². The highest BCUT2D eigenvalue weighted by atomic mass is 32.1. The summed E-state index contributed by atoms with van der Waals surface area (Å²) in [5.74, 6) is -1.05. The minimum absolute atomic E-state index is 0.260. The molecule has 0 fully saturated rings. The Labute approximate surface area is 129 Å². The van der Waals surface area contributed by atoms with Crippen molar-refractivity contribution in [2.24, 2.45) is 5.41 Å². The van der Waals surface area contributed by atoms with E-state index in [0.29, 0.717) is 0 Å². The zero-order valence-electron chi connectivity index (χ0n) is 13.1. The zero-order valence-corrected chi connectivity index (χ0v) is 13.9. The summed E-state index contributed by atoms with van der Waals surface area (Å²) in [5.41, 5.74) is -0.566. The number of nitrogens with zero attached hydrogens (tertiary/aromatic N) is 1. The van der Waals surface area contributed by atoms with Crippen LogP contribution in [0.2, 0.25) is 0 Å². The van der Waals surface area contributed by atoms with Crippen molar-refractivity contribution >= 4 is 23.3 Å². The number of carboxylic acid groups (broad SMARTS) is 1. The van der Waals surface area contributed by atoms with E-state index in [2.05, 4.69) is 15.6 Å². The van der Waals surface area contributed by atoms with E-state index in [1.165, 1.54) is 0 Å². The number of amides is 2. The maximum atomic E-state index is 12.0. The van der Waals surface area contributed by atoms with Crippen LogP contribution in [0.25, 0.3) is 0 Å². The molecule has 1 aromatic rings. The van der Waals surface area contributed by atoms with E-state index in [1.54, 1.807) is 38.3 Å². The Kier molecular flexibility index (Phi) is 5.71. The Bertz CT molecular complexity index is 508. The lowest BCUT2D eigenvalue weighted by molar-refractivity contribution is -0.141. The van der Waals surface area contributed by atoms with Gasteiger partial charge in [0, 0.05) is 11.1 Å². The molecule has 0 saturated heterocycles.